The molecule has 0 aromatic heterocycles. The van der Waals surface area contributed by atoms with Crippen molar-refractivity contribution >= 4 is 0 Å². The monoisotopic (exact) mass is 248 g/mol. The third-order valence-corrected chi connectivity index (χ3v) is 2.56. The van der Waals surface area contributed by atoms with Crippen LogP contribution < -0.4 is 14.2 Å². The van der Waals surface area contributed by atoms with Crippen molar-refractivity contribution in [1.82, 2.24) is 0 Å². The lowest BCUT2D eigenvalue weighted by Gasteiger charge is -2.14. The number of benzene rings is 1. The van der Waals surface area contributed by atoms with Crippen molar-refractivity contribution in [3.63, 3.8) is 0 Å². The fourth-order valence-electron chi connectivity index (χ4n) is 1.69. The third-order valence-electron chi connectivity index (χ3n) is 2.56. The maximum absolute atomic E-state index is 5.66. The van der Waals surface area contributed by atoms with Gasteiger partial charge in [0.15, 0.2) is 11.5 Å². The Bertz CT molecular complexity index is 441. The second-order valence-corrected chi connectivity index (χ2v) is 3.78. The van der Waals surface area contributed by atoms with Gasteiger partial charge in [-0.15, -0.1) is 5.92 Å². The molecule has 1 aromatic carbocycles. The number of methoxy groups -OCH3 is 2. The molecule has 3 heteroatoms. The van der Waals surface area contributed by atoms with Crippen molar-refractivity contribution in [1.29, 1.82) is 0 Å². The van der Waals surface area contributed by atoms with E-state index in [2.05, 4.69) is 18.8 Å². The summed E-state index contributed by atoms with van der Waals surface area (Å²) >= 11 is 0. The van der Waals surface area contributed by atoms with E-state index in [0.29, 0.717) is 12.4 Å². The fraction of sp³-hybridized carbons (Fsp3) is 0.467. The average Bonchev–Trinajstić information content (AvgIpc) is 2.40. The minimum absolute atomic E-state index is 0.392. The topological polar surface area (TPSA) is 27.7 Å². The number of aryl methyl sites for hydroxylation is 1. The van der Waals surface area contributed by atoms with Crippen LogP contribution in [0.25, 0.3) is 0 Å². The summed E-state index contributed by atoms with van der Waals surface area (Å²) < 4.78 is 16.2. The zero-order chi connectivity index (χ0) is 13.4. The predicted octanol–water partition coefficient (Wildman–Crippen LogP) is 3.06. The summed E-state index contributed by atoms with van der Waals surface area (Å²) in [5.41, 5.74) is 1.12. The first-order valence-corrected chi connectivity index (χ1v) is 6.04. The zero-order valence-electron chi connectivity index (χ0n) is 11.5. The van der Waals surface area contributed by atoms with Crippen LogP contribution in [-0.2, 0) is 6.42 Å². The lowest BCUT2D eigenvalue weighted by molar-refractivity contribution is 0.339. The van der Waals surface area contributed by atoms with E-state index in [1.807, 2.05) is 12.1 Å². The highest BCUT2D eigenvalue weighted by Crippen LogP contribution is 2.35. The molecule has 3 nitrogen and oxygen atoms in total. The standard InChI is InChI=1S/C15H20O3/c1-5-7-9-18-13-11-15(17-4)14(16-3)10-12(13)8-6-2/h10-11H,6,8-9H2,1-4H3. The molecule has 0 saturated carbocycles. The highest BCUT2D eigenvalue weighted by molar-refractivity contribution is 5.50. The summed E-state index contributed by atoms with van der Waals surface area (Å²) in [6.45, 7) is 4.32. The Balaban J connectivity index is 3.05. The van der Waals surface area contributed by atoms with Crippen LogP contribution >= 0.6 is 0 Å². The van der Waals surface area contributed by atoms with E-state index in [1.54, 1.807) is 21.1 Å². The van der Waals surface area contributed by atoms with Gasteiger partial charge in [0.05, 0.1) is 14.2 Å². The lowest BCUT2D eigenvalue weighted by atomic mass is 10.1. The first kappa shape index (κ1) is 14.2. The molecule has 0 amide bonds. The van der Waals surface area contributed by atoms with E-state index in [9.17, 15) is 0 Å². The van der Waals surface area contributed by atoms with Gasteiger partial charge >= 0.3 is 0 Å². The fourth-order valence-corrected chi connectivity index (χ4v) is 1.69. The SMILES string of the molecule is CC#CCOc1cc(OC)c(OC)cc1CCC. The molecule has 1 aromatic rings. The van der Waals surface area contributed by atoms with Gasteiger partial charge in [-0.05, 0) is 25.0 Å². The van der Waals surface area contributed by atoms with E-state index < -0.39 is 0 Å². The van der Waals surface area contributed by atoms with E-state index in [0.717, 1.165) is 29.9 Å². The van der Waals surface area contributed by atoms with Crippen LogP contribution in [0, 0.1) is 11.8 Å². The summed E-state index contributed by atoms with van der Waals surface area (Å²) in [6, 6.07) is 3.83. The molecule has 0 aliphatic rings. The van der Waals surface area contributed by atoms with Gasteiger partial charge in [0.1, 0.15) is 12.4 Å². The second kappa shape index (κ2) is 7.50. The highest BCUT2D eigenvalue weighted by atomic mass is 16.5. The van der Waals surface area contributed by atoms with E-state index >= 15 is 0 Å². The molecule has 0 heterocycles. The molecule has 1 rings (SSSR count). The lowest BCUT2D eigenvalue weighted by Crippen LogP contribution is -2.00. The summed E-state index contributed by atoms with van der Waals surface area (Å²) in [5, 5.41) is 0. The molecule has 0 aliphatic heterocycles. The molecule has 0 aliphatic carbocycles. The number of hydrogen-bond donors (Lipinski definition) is 0. The Morgan fingerprint density at radius 3 is 2.28 bits per heavy atom. The van der Waals surface area contributed by atoms with Gasteiger partial charge in [0.2, 0.25) is 0 Å². The Morgan fingerprint density at radius 1 is 1.06 bits per heavy atom. The van der Waals surface area contributed by atoms with E-state index in [4.69, 9.17) is 14.2 Å². The second-order valence-electron chi connectivity index (χ2n) is 3.78. The van der Waals surface area contributed by atoms with Crippen molar-refractivity contribution in [3.05, 3.63) is 17.7 Å². The zero-order valence-corrected chi connectivity index (χ0v) is 11.5. The molecule has 0 atom stereocenters. The minimum Gasteiger partial charge on any atom is -0.493 e. The average molecular weight is 248 g/mol. The number of hydrogen-bond acceptors (Lipinski definition) is 3. The van der Waals surface area contributed by atoms with Gasteiger partial charge in [-0.1, -0.05) is 19.3 Å². The van der Waals surface area contributed by atoms with Crippen molar-refractivity contribution < 1.29 is 14.2 Å². The maximum atomic E-state index is 5.66. The minimum atomic E-state index is 0.392. The summed E-state index contributed by atoms with van der Waals surface area (Å²) in [7, 11) is 3.25. The van der Waals surface area contributed by atoms with Crippen LogP contribution in [0.2, 0.25) is 0 Å². The molecule has 0 radical (unpaired) electrons. The normalized spacial score (nSPS) is 9.33. The van der Waals surface area contributed by atoms with Gasteiger partial charge in [-0.3, -0.25) is 0 Å². The largest absolute Gasteiger partial charge is 0.493 e. The first-order chi connectivity index (χ1) is 8.76. The smallest absolute Gasteiger partial charge is 0.164 e. The first-order valence-electron chi connectivity index (χ1n) is 6.04. The van der Waals surface area contributed by atoms with Crippen LogP contribution in [0.15, 0.2) is 12.1 Å². The van der Waals surface area contributed by atoms with Crippen LogP contribution in [0.4, 0.5) is 0 Å². The molecule has 0 saturated heterocycles. The molecule has 0 unspecified atom stereocenters. The summed E-state index contributed by atoms with van der Waals surface area (Å²) in [6.07, 6.45) is 1.99. The maximum Gasteiger partial charge on any atom is 0.164 e. The summed E-state index contributed by atoms with van der Waals surface area (Å²) in [4.78, 5) is 0. The number of ether oxygens (including phenoxy) is 3. The molecule has 0 fully saturated rings. The van der Waals surface area contributed by atoms with Crippen molar-refractivity contribution in [2.75, 3.05) is 20.8 Å². The molecule has 0 spiro atoms. The highest BCUT2D eigenvalue weighted by Gasteiger charge is 2.11. The Hall–Kier alpha value is -1.82. The molecule has 0 bridgehead atoms. The molecular formula is C15H20O3. The van der Waals surface area contributed by atoms with Crippen LogP contribution in [-0.4, -0.2) is 20.8 Å². The van der Waals surface area contributed by atoms with Gasteiger partial charge < -0.3 is 14.2 Å². The Morgan fingerprint density at radius 2 is 1.72 bits per heavy atom. The van der Waals surface area contributed by atoms with Crippen LogP contribution in [0.3, 0.4) is 0 Å². The molecule has 0 N–H and O–H groups in total. The van der Waals surface area contributed by atoms with Crippen molar-refractivity contribution in [2.24, 2.45) is 0 Å². The molecule has 98 valence electrons. The van der Waals surface area contributed by atoms with Crippen LogP contribution in [0.5, 0.6) is 17.2 Å². The Labute approximate surface area is 109 Å². The summed E-state index contributed by atoms with van der Waals surface area (Å²) in [5.74, 6) is 7.92. The Kier molecular flexibility index (Phi) is 5.93. The van der Waals surface area contributed by atoms with E-state index in [1.165, 1.54) is 0 Å². The molecular weight excluding hydrogens is 228 g/mol. The quantitative estimate of drug-likeness (QED) is 0.724. The number of rotatable bonds is 6. The van der Waals surface area contributed by atoms with Gasteiger partial charge in [-0.25, -0.2) is 0 Å². The third kappa shape index (κ3) is 3.59. The van der Waals surface area contributed by atoms with E-state index in [-0.39, 0.29) is 0 Å². The molecule has 18 heavy (non-hydrogen) atoms. The van der Waals surface area contributed by atoms with Crippen molar-refractivity contribution in [2.45, 2.75) is 26.7 Å². The van der Waals surface area contributed by atoms with Gasteiger partial charge in [0.25, 0.3) is 0 Å². The van der Waals surface area contributed by atoms with Gasteiger partial charge in [-0.2, -0.15) is 0 Å². The predicted molar refractivity (Wildman–Crippen MR) is 72.5 cm³/mol. The van der Waals surface area contributed by atoms with Crippen molar-refractivity contribution in [3.8, 4) is 29.1 Å². The van der Waals surface area contributed by atoms with Crippen LogP contribution in [0.1, 0.15) is 25.8 Å². The van der Waals surface area contributed by atoms with Gasteiger partial charge in [0, 0.05) is 6.07 Å².